The van der Waals surface area contributed by atoms with E-state index < -0.39 is 18.5 Å². The van der Waals surface area contributed by atoms with E-state index in [4.69, 9.17) is 4.74 Å². The monoisotopic (exact) mass is 398 g/mol. The number of rotatable bonds is 6. The maximum atomic E-state index is 13.0. The van der Waals surface area contributed by atoms with E-state index in [1.54, 1.807) is 17.5 Å². The summed E-state index contributed by atoms with van der Waals surface area (Å²) in [6.07, 6.45) is 0. The van der Waals surface area contributed by atoms with E-state index in [0.717, 1.165) is 0 Å². The Bertz CT molecular complexity index is 966. The second-order valence-electron chi connectivity index (χ2n) is 6.45. The summed E-state index contributed by atoms with van der Waals surface area (Å²) in [5.41, 5.74) is 2.62. The normalized spacial score (nSPS) is 10.7. The van der Waals surface area contributed by atoms with Gasteiger partial charge in [0.15, 0.2) is 12.3 Å². The van der Waals surface area contributed by atoms with Crippen LogP contribution in [0.1, 0.15) is 35.8 Å². The van der Waals surface area contributed by atoms with Crippen LogP contribution < -0.4 is 5.32 Å². The molecule has 0 spiro atoms. The molecule has 0 aliphatic heterocycles. The Balaban J connectivity index is 1.53. The number of carbonyl (C=O) groups is 2. The van der Waals surface area contributed by atoms with Crippen molar-refractivity contribution in [3.8, 4) is 10.6 Å². The molecule has 0 saturated carbocycles. The third kappa shape index (κ3) is 5.01. The number of nitrogens with zero attached hydrogens (tertiary/aromatic N) is 1. The number of esters is 1. The van der Waals surface area contributed by atoms with Crippen LogP contribution in [0.3, 0.4) is 0 Å². The van der Waals surface area contributed by atoms with Crippen molar-refractivity contribution in [1.82, 2.24) is 4.98 Å². The molecule has 2 aromatic carbocycles. The molecule has 3 aromatic rings. The van der Waals surface area contributed by atoms with Crippen LogP contribution in [-0.4, -0.2) is 23.5 Å². The van der Waals surface area contributed by atoms with Crippen molar-refractivity contribution in [2.24, 2.45) is 0 Å². The molecule has 0 radical (unpaired) electrons. The van der Waals surface area contributed by atoms with Gasteiger partial charge >= 0.3 is 5.97 Å². The summed E-state index contributed by atoms with van der Waals surface area (Å²) in [5.74, 6) is -1.05. The number of halogens is 1. The summed E-state index contributed by atoms with van der Waals surface area (Å²) in [4.78, 5) is 28.3. The fourth-order valence-corrected chi connectivity index (χ4v) is 3.24. The molecule has 1 heterocycles. The van der Waals surface area contributed by atoms with Crippen molar-refractivity contribution in [2.75, 3.05) is 11.9 Å². The van der Waals surface area contributed by atoms with Gasteiger partial charge in [-0.25, -0.2) is 14.2 Å². The third-order valence-electron chi connectivity index (χ3n) is 4.00. The molecule has 0 unspecified atom stereocenters. The van der Waals surface area contributed by atoms with Gasteiger partial charge in [-0.3, -0.25) is 4.79 Å². The molecule has 0 bridgehead atoms. The first-order chi connectivity index (χ1) is 13.4. The van der Waals surface area contributed by atoms with Crippen LogP contribution in [0.25, 0.3) is 10.6 Å². The Kier molecular flexibility index (Phi) is 6.16. The van der Waals surface area contributed by atoms with E-state index in [9.17, 15) is 14.0 Å². The average molecular weight is 398 g/mol. The fourth-order valence-electron chi connectivity index (χ4n) is 2.45. The van der Waals surface area contributed by atoms with Gasteiger partial charge in [0.2, 0.25) is 0 Å². The molecule has 3 rings (SSSR count). The quantitative estimate of drug-likeness (QED) is 0.602. The molecule has 0 saturated heterocycles. The van der Waals surface area contributed by atoms with Gasteiger partial charge in [-0.15, -0.1) is 11.3 Å². The van der Waals surface area contributed by atoms with Gasteiger partial charge < -0.3 is 10.1 Å². The predicted octanol–water partition coefficient (Wildman–Crippen LogP) is 4.87. The highest BCUT2D eigenvalue weighted by molar-refractivity contribution is 7.13. The van der Waals surface area contributed by atoms with Gasteiger partial charge in [-0.1, -0.05) is 26.0 Å². The van der Waals surface area contributed by atoms with E-state index in [1.807, 2.05) is 24.3 Å². The maximum Gasteiger partial charge on any atom is 0.358 e. The van der Waals surface area contributed by atoms with E-state index in [2.05, 4.69) is 24.1 Å². The Morgan fingerprint density at radius 3 is 2.43 bits per heavy atom. The molecule has 1 N–H and O–H groups in total. The van der Waals surface area contributed by atoms with Gasteiger partial charge in [-0.05, 0) is 47.9 Å². The number of aromatic nitrogens is 1. The number of hydrogen-bond donors (Lipinski definition) is 1. The van der Waals surface area contributed by atoms with Crippen LogP contribution in [-0.2, 0) is 9.53 Å². The largest absolute Gasteiger partial charge is 0.451 e. The molecular weight excluding hydrogens is 379 g/mol. The summed E-state index contributed by atoms with van der Waals surface area (Å²) < 4.78 is 18.0. The summed E-state index contributed by atoms with van der Waals surface area (Å²) in [6, 6.07) is 13.3. The first kappa shape index (κ1) is 19.7. The lowest BCUT2D eigenvalue weighted by Crippen LogP contribution is -2.21. The zero-order chi connectivity index (χ0) is 20.1. The molecule has 0 aliphatic rings. The predicted molar refractivity (Wildman–Crippen MR) is 107 cm³/mol. The third-order valence-corrected chi connectivity index (χ3v) is 4.89. The van der Waals surface area contributed by atoms with Gasteiger partial charge in [-0.2, -0.15) is 0 Å². The Labute approximate surface area is 166 Å². The van der Waals surface area contributed by atoms with Crippen LogP contribution in [0.4, 0.5) is 10.1 Å². The zero-order valence-electron chi connectivity index (χ0n) is 15.4. The summed E-state index contributed by atoms with van der Waals surface area (Å²) in [5, 5.41) is 4.80. The van der Waals surface area contributed by atoms with Crippen molar-refractivity contribution in [1.29, 1.82) is 0 Å². The molecule has 7 heteroatoms. The lowest BCUT2D eigenvalue weighted by atomic mass is 10.0. The minimum Gasteiger partial charge on any atom is -0.451 e. The maximum absolute atomic E-state index is 13.0. The Morgan fingerprint density at radius 2 is 1.79 bits per heavy atom. The van der Waals surface area contributed by atoms with Crippen LogP contribution in [0.5, 0.6) is 0 Å². The van der Waals surface area contributed by atoms with Crippen molar-refractivity contribution < 1.29 is 18.7 Å². The number of thiazole rings is 1. The molecule has 1 aromatic heterocycles. The zero-order valence-corrected chi connectivity index (χ0v) is 16.3. The molecule has 1 amide bonds. The highest BCUT2D eigenvalue weighted by atomic mass is 32.1. The number of ether oxygens (including phenoxy) is 1. The van der Waals surface area contributed by atoms with Crippen LogP contribution in [0.15, 0.2) is 53.9 Å². The van der Waals surface area contributed by atoms with E-state index in [-0.39, 0.29) is 11.5 Å². The van der Waals surface area contributed by atoms with E-state index in [1.165, 1.54) is 29.0 Å². The Morgan fingerprint density at radius 1 is 1.11 bits per heavy atom. The first-order valence-corrected chi connectivity index (χ1v) is 9.59. The van der Waals surface area contributed by atoms with Gasteiger partial charge in [0.05, 0.1) is 0 Å². The molecule has 0 aliphatic carbocycles. The Hall–Kier alpha value is -3.06. The molecule has 0 fully saturated rings. The second kappa shape index (κ2) is 8.75. The van der Waals surface area contributed by atoms with E-state index >= 15 is 0 Å². The van der Waals surface area contributed by atoms with Crippen molar-refractivity contribution in [3.63, 3.8) is 0 Å². The fraction of sp³-hybridized carbons (Fsp3) is 0.190. The van der Waals surface area contributed by atoms with Crippen LogP contribution >= 0.6 is 11.3 Å². The number of benzene rings is 2. The number of carbonyl (C=O) groups excluding carboxylic acids is 2. The second-order valence-corrected chi connectivity index (χ2v) is 7.30. The first-order valence-electron chi connectivity index (χ1n) is 8.71. The molecule has 144 valence electrons. The van der Waals surface area contributed by atoms with Gasteiger partial charge in [0.1, 0.15) is 10.8 Å². The van der Waals surface area contributed by atoms with E-state index in [0.29, 0.717) is 22.2 Å². The average Bonchev–Trinajstić information content (AvgIpc) is 3.17. The number of nitrogens with one attached hydrogen (secondary N) is 1. The minimum absolute atomic E-state index is 0.110. The number of anilines is 1. The molecule has 5 nitrogen and oxygen atoms in total. The lowest BCUT2D eigenvalue weighted by molar-refractivity contribution is -0.119. The van der Waals surface area contributed by atoms with Crippen LogP contribution in [0.2, 0.25) is 0 Å². The summed E-state index contributed by atoms with van der Waals surface area (Å²) in [7, 11) is 0. The topological polar surface area (TPSA) is 68.3 Å². The van der Waals surface area contributed by atoms with Crippen LogP contribution in [0, 0.1) is 5.82 Å². The lowest BCUT2D eigenvalue weighted by Gasteiger charge is -2.08. The summed E-state index contributed by atoms with van der Waals surface area (Å²) in [6.45, 7) is 3.77. The van der Waals surface area contributed by atoms with Gasteiger partial charge in [0.25, 0.3) is 5.91 Å². The number of amides is 1. The molecule has 28 heavy (non-hydrogen) atoms. The highest BCUT2D eigenvalue weighted by Gasteiger charge is 2.15. The molecule has 0 atom stereocenters. The SMILES string of the molecule is CC(C)c1ccc(NC(=O)COC(=O)c2csc(-c3ccc(F)cc3)n2)cc1. The molecular formula is C21H19FN2O3S. The van der Waals surface area contributed by atoms with Crippen molar-refractivity contribution in [3.05, 3.63) is 71.0 Å². The van der Waals surface area contributed by atoms with Gasteiger partial charge in [0, 0.05) is 16.6 Å². The summed E-state index contributed by atoms with van der Waals surface area (Å²) >= 11 is 1.24. The standard InChI is InChI=1S/C21H19FN2O3S/c1-13(2)14-5-9-17(10-6-14)23-19(25)11-27-21(26)18-12-28-20(24-18)15-3-7-16(22)8-4-15/h3-10,12-13H,11H2,1-2H3,(H,23,25). The minimum atomic E-state index is -0.685. The van der Waals surface area contributed by atoms with Crippen molar-refractivity contribution in [2.45, 2.75) is 19.8 Å². The number of hydrogen-bond acceptors (Lipinski definition) is 5. The highest BCUT2D eigenvalue weighted by Crippen LogP contribution is 2.24. The van der Waals surface area contributed by atoms with Crippen molar-refractivity contribution >= 4 is 28.9 Å². The smallest absolute Gasteiger partial charge is 0.358 e.